The Hall–Kier alpha value is -1.24. The molecule has 2 amide bonds. The molecule has 3 rings (SSSR count). The van der Waals surface area contributed by atoms with Crippen molar-refractivity contribution < 1.29 is 9.59 Å². The van der Waals surface area contributed by atoms with Crippen LogP contribution in [0.5, 0.6) is 0 Å². The van der Waals surface area contributed by atoms with Gasteiger partial charge in [0.1, 0.15) is 0 Å². The van der Waals surface area contributed by atoms with E-state index in [1.54, 1.807) is 11.8 Å². The van der Waals surface area contributed by atoms with Crippen LogP contribution in [0.1, 0.15) is 23.2 Å². The van der Waals surface area contributed by atoms with Crippen LogP contribution < -0.4 is 10.6 Å². The van der Waals surface area contributed by atoms with Gasteiger partial charge in [0, 0.05) is 36.3 Å². The minimum atomic E-state index is -0.0611. The van der Waals surface area contributed by atoms with E-state index < -0.39 is 0 Å². The van der Waals surface area contributed by atoms with E-state index in [2.05, 4.69) is 10.6 Å². The molecule has 7 heteroatoms. The van der Waals surface area contributed by atoms with E-state index in [9.17, 15) is 9.59 Å². The summed E-state index contributed by atoms with van der Waals surface area (Å²) in [6, 6.07) is 9.49. The molecule has 126 valence electrons. The minimum Gasteiger partial charge on any atom is -0.352 e. The molecule has 2 aliphatic rings. The van der Waals surface area contributed by atoms with Gasteiger partial charge in [-0.25, -0.2) is 0 Å². The fourth-order valence-corrected chi connectivity index (χ4v) is 3.80. The molecule has 1 aromatic carbocycles. The SMILES string of the molecule is Cl.O=C(NC1CCN(C(=O)c2ccccc2)CC1)C1CSCN1. The van der Waals surface area contributed by atoms with Gasteiger partial charge in [-0.05, 0) is 25.0 Å². The first-order valence-corrected chi connectivity index (χ1v) is 8.85. The predicted molar refractivity (Wildman–Crippen MR) is 95.0 cm³/mol. The molecule has 0 spiro atoms. The van der Waals surface area contributed by atoms with Gasteiger partial charge in [-0.2, -0.15) is 0 Å². The van der Waals surface area contributed by atoms with Crippen LogP contribution in [0, 0.1) is 0 Å². The Bertz CT molecular complexity index is 529. The summed E-state index contributed by atoms with van der Waals surface area (Å²) in [6.45, 7) is 1.40. The zero-order valence-corrected chi connectivity index (χ0v) is 14.5. The summed E-state index contributed by atoms with van der Waals surface area (Å²) in [5.41, 5.74) is 0.733. The first kappa shape index (κ1) is 18.1. The summed E-state index contributed by atoms with van der Waals surface area (Å²) in [5.74, 6) is 1.87. The van der Waals surface area contributed by atoms with Crippen LogP contribution in [0.15, 0.2) is 30.3 Å². The summed E-state index contributed by atoms with van der Waals surface area (Å²) >= 11 is 1.75. The third-order valence-corrected chi connectivity index (χ3v) is 5.12. The number of carbonyl (C=O) groups is 2. The van der Waals surface area contributed by atoms with Gasteiger partial charge in [0.2, 0.25) is 5.91 Å². The highest BCUT2D eigenvalue weighted by Gasteiger charge is 2.28. The van der Waals surface area contributed by atoms with Gasteiger partial charge >= 0.3 is 0 Å². The highest BCUT2D eigenvalue weighted by molar-refractivity contribution is 7.99. The molecule has 2 saturated heterocycles. The molecule has 1 atom stereocenters. The molecular weight excluding hydrogens is 334 g/mol. The maximum Gasteiger partial charge on any atom is 0.253 e. The highest BCUT2D eigenvalue weighted by Crippen LogP contribution is 2.15. The smallest absolute Gasteiger partial charge is 0.253 e. The Morgan fingerprint density at radius 1 is 1.17 bits per heavy atom. The summed E-state index contributed by atoms with van der Waals surface area (Å²) < 4.78 is 0. The third-order valence-electron chi connectivity index (χ3n) is 4.18. The van der Waals surface area contributed by atoms with Crippen LogP contribution in [0.4, 0.5) is 0 Å². The number of hydrogen-bond acceptors (Lipinski definition) is 4. The predicted octanol–water partition coefficient (Wildman–Crippen LogP) is 1.49. The van der Waals surface area contributed by atoms with E-state index >= 15 is 0 Å². The van der Waals surface area contributed by atoms with Gasteiger partial charge in [-0.3, -0.25) is 14.9 Å². The summed E-state index contributed by atoms with van der Waals surface area (Å²) in [4.78, 5) is 26.3. The van der Waals surface area contributed by atoms with Gasteiger partial charge in [-0.15, -0.1) is 24.2 Å². The fraction of sp³-hybridized carbons (Fsp3) is 0.500. The maximum absolute atomic E-state index is 12.4. The van der Waals surface area contributed by atoms with Crippen molar-refractivity contribution in [2.45, 2.75) is 24.9 Å². The maximum atomic E-state index is 12.4. The van der Waals surface area contributed by atoms with Crippen molar-refractivity contribution >= 4 is 36.0 Å². The van der Waals surface area contributed by atoms with Crippen LogP contribution in [-0.4, -0.2) is 53.5 Å². The monoisotopic (exact) mass is 355 g/mol. The minimum absolute atomic E-state index is 0. The first-order chi connectivity index (χ1) is 10.7. The average Bonchev–Trinajstić information content (AvgIpc) is 3.10. The lowest BCUT2D eigenvalue weighted by atomic mass is 10.0. The van der Waals surface area contributed by atoms with Gasteiger partial charge in [0.15, 0.2) is 0 Å². The quantitative estimate of drug-likeness (QED) is 0.862. The molecule has 0 radical (unpaired) electrons. The van der Waals surface area contributed by atoms with Crippen LogP contribution in [0.25, 0.3) is 0 Å². The number of hydrogen-bond donors (Lipinski definition) is 2. The molecule has 2 N–H and O–H groups in total. The molecule has 1 aromatic rings. The lowest BCUT2D eigenvalue weighted by Gasteiger charge is -2.33. The Morgan fingerprint density at radius 3 is 2.48 bits per heavy atom. The molecule has 2 fully saturated rings. The highest BCUT2D eigenvalue weighted by atomic mass is 35.5. The van der Waals surface area contributed by atoms with Crippen molar-refractivity contribution in [2.75, 3.05) is 24.7 Å². The summed E-state index contributed by atoms with van der Waals surface area (Å²) in [7, 11) is 0. The number of benzene rings is 1. The molecule has 0 aromatic heterocycles. The van der Waals surface area contributed by atoms with Crippen molar-refractivity contribution in [1.82, 2.24) is 15.5 Å². The number of amides is 2. The Labute approximate surface area is 147 Å². The number of piperidine rings is 1. The number of rotatable bonds is 3. The van der Waals surface area contributed by atoms with Crippen molar-refractivity contribution in [2.24, 2.45) is 0 Å². The molecule has 2 aliphatic heterocycles. The van der Waals surface area contributed by atoms with E-state index in [1.807, 2.05) is 35.2 Å². The van der Waals surface area contributed by atoms with Crippen molar-refractivity contribution in [1.29, 1.82) is 0 Å². The van der Waals surface area contributed by atoms with E-state index in [0.29, 0.717) is 13.1 Å². The molecule has 5 nitrogen and oxygen atoms in total. The summed E-state index contributed by atoms with van der Waals surface area (Å²) in [6.07, 6.45) is 1.65. The molecule has 1 unspecified atom stereocenters. The molecular formula is C16H22ClN3O2S. The summed E-state index contributed by atoms with van der Waals surface area (Å²) in [5, 5.41) is 6.29. The lowest BCUT2D eigenvalue weighted by Crippen LogP contribution is -2.51. The van der Waals surface area contributed by atoms with Crippen LogP contribution in [0.2, 0.25) is 0 Å². The van der Waals surface area contributed by atoms with Crippen molar-refractivity contribution in [3.63, 3.8) is 0 Å². The number of halogens is 1. The normalized spacial score (nSPS) is 21.6. The second-order valence-corrected chi connectivity index (χ2v) is 6.74. The second kappa shape index (κ2) is 8.57. The Kier molecular flexibility index (Phi) is 6.74. The van der Waals surface area contributed by atoms with E-state index in [1.165, 1.54) is 0 Å². The van der Waals surface area contributed by atoms with Crippen molar-refractivity contribution in [3.05, 3.63) is 35.9 Å². The molecule has 0 bridgehead atoms. The van der Waals surface area contributed by atoms with Crippen LogP contribution in [0.3, 0.4) is 0 Å². The number of likely N-dealkylation sites (tertiary alicyclic amines) is 1. The molecule has 23 heavy (non-hydrogen) atoms. The standard InChI is InChI=1S/C16H21N3O2S.ClH/c20-15(14-10-22-11-17-14)18-13-6-8-19(9-7-13)16(21)12-4-2-1-3-5-12;/h1-5,13-14,17H,6-11H2,(H,18,20);1H. The lowest BCUT2D eigenvalue weighted by molar-refractivity contribution is -0.123. The number of nitrogens with zero attached hydrogens (tertiary/aromatic N) is 1. The van der Waals surface area contributed by atoms with Gasteiger partial charge in [0.05, 0.1) is 6.04 Å². The second-order valence-electron chi connectivity index (χ2n) is 5.71. The fourth-order valence-electron chi connectivity index (χ4n) is 2.86. The largest absolute Gasteiger partial charge is 0.352 e. The van der Waals surface area contributed by atoms with Crippen LogP contribution >= 0.6 is 24.2 Å². The van der Waals surface area contributed by atoms with Crippen molar-refractivity contribution in [3.8, 4) is 0 Å². The number of carbonyl (C=O) groups excluding carboxylic acids is 2. The zero-order valence-electron chi connectivity index (χ0n) is 12.9. The van der Waals surface area contributed by atoms with E-state index in [4.69, 9.17) is 0 Å². The van der Waals surface area contributed by atoms with Gasteiger partial charge in [0.25, 0.3) is 5.91 Å². The van der Waals surface area contributed by atoms with E-state index in [-0.39, 0.29) is 36.3 Å². The third kappa shape index (κ3) is 4.62. The number of nitrogens with one attached hydrogen (secondary N) is 2. The Morgan fingerprint density at radius 2 is 1.87 bits per heavy atom. The zero-order chi connectivity index (χ0) is 15.4. The average molecular weight is 356 g/mol. The van der Waals surface area contributed by atoms with Gasteiger partial charge in [-0.1, -0.05) is 18.2 Å². The Balaban J connectivity index is 0.00000192. The van der Waals surface area contributed by atoms with Gasteiger partial charge < -0.3 is 10.2 Å². The molecule has 0 saturated carbocycles. The first-order valence-electron chi connectivity index (χ1n) is 7.70. The topological polar surface area (TPSA) is 61.4 Å². The molecule has 2 heterocycles. The molecule has 0 aliphatic carbocycles. The van der Waals surface area contributed by atoms with E-state index in [0.717, 1.165) is 30.0 Å². The van der Waals surface area contributed by atoms with Crippen LogP contribution in [-0.2, 0) is 4.79 Å². The number of thioether (sulfide) groups is 1.